The van der Waals surface area contributed by atoms with Crippen LogP contribution in [0.2, 0.25) is 0 Å². The molecule has 2 N–H and O–H groups in total. The van der Waals surface area contributed by atoms with E-state index in [1.165, 1.54) is 6.07 Å². The molecule has 0 heterocycles. The fraction of sp³-hybridized carbons (Fsp3) is 0.294. The number of carboxylic acids is 1. The van der Waals surface area contributed by atoms with Crippen molar-refractivity contribution in [3.05, 3.63) is 47.5 Å². The quantitative estimate of drug-likeness (QED) is 0.906. The van der Waals surface area contributed by atoms with Gasteiger partial charge in [-0.1, -0.05) is 31.2 Å². The van der Waals surface area contributed by atoms with Crippen LogP contribution in [-0.2, 0) is 0 Å². The van der Waals surface area contributed by atoms with E-state index in [2.05, 4.69) is 12.2 Å². The van der Waals surface area contributed by atoms with E-state index in [0.717, 1.165) is 11.8 Å². The number of fused-ring (bicyclic) bond motifs is 1. The Labute approximate surface area is 122 Å². The van der Waals surface area contributed by atoms with Gasteiger partial charge in [0, 0.05) is 17.5 Å². The summed E-state index contributed by atoms with van der Waals surface area (Å²) in [5, 5.41) is 13.5. The zero-order valence-corrected chi connectivity index (χ0v) is 11.8. The second-order valence-electron chi connectivity index (χ2n) is 5.70. The van der Waals surface area contributed by atoms with Crippen LogP contribution in [0, 0.1) is 11.8 Å². The molecule has 1 amide bonds. The topological polar surface area (TPSA) is 66.4 Å². The number of hydrogen-bond donors (Lipinski definition) is 2. The van der Waals surface area contributed by atoms with Crippen molar-refractivity contribution in [1.29, 1.82) is 0 Å². The molecule has 3 rings (SSSR count). The first-order valence-corrected chi connectivity index (χ1v) is 7.11. The van der Waals surface area contributed by atoms with E-state index in [-0.39, 0.29) is 11.5 Å². The van der Waals surface area contributed by atoms with Crippen LogP contribution in [0.15, 0.2) is 36.4 Å². The maximum atomic E-state index is 12.4. The minimum atomic E-state index is -1.02. The van der Waals surface area contributed by atoms with Gasteiger partial charge in [-0.3, -0.25) is 4.79 Å². The lowest BCUT2D eigenvalue weighted by Gasteiger charge is -2.10. The monoisotopic (exact) mass is 283 g/mol. The van der Waals surface area contributed by atoms with Gasteiger partial charge in [-0.25, -0.2) is 4.79 Å². The van der Waals surface area contributed by atoms with Crippen LogP contribution >= 0.6 is 0 Å². The Morgan fingerprint density at radius 1 is 1.19 bits per heavy atom. The fourth-order valence-corrected chi connectivity index (χ4v) is 2.71. The summed E-state index contributed by atoms with van der Waals surface area (Å²) in [6.07, 6.45) is 1.15. The van der Waals surface area contributed by atoms with Gasteiger partial charge in [0.2, 0.25) is 0 Å². The van der Waals surface area contributed by atoms with Crippen LogP contribution in [0.1, 0.15) is 34.1 Å². The van der Waals surface area contributed by atoms with Gasteiger partial charge in [-0.2, -0.15) is 0 Å². The molecule has 1 saturated carbocycles. The van der Waals surface area contributed by atoms with E-state index in [1.807, 2.05) is 12.1 Å². The van der Waals surface area contributed by atoms with Crippen molar-refractivity contribution in [2.24, 2.45) is 11.8 Å². The highest BCUT2D eigenvalue weighted by molar-refractivity contribution is 6.14. The molecule has 0 saturated heterocycles. The lowest BCUT2D eigenvalue weighted by Crippen LogP contribution is -2.26. The summed E-state index contributed by atoms with van der Waals surface area (Å²) in [6, 6.07) is 10.3. The summed E-state index contributed by atoms with van der Waals surface area (Å²) >= 11 is 0. The van der Waals surface area contributed by atoms with Gasteiger partial charge >= 0.3 is 5.97 Å². The molecule has 108 valence electrons. The van der Waals surface area contributed by atoms with Crippen LogP contribution < -0.4 is 5.32 Å². The average molecular weight is 283 g/mol. The maximum Gasteiger partial charge on any atom is 0.336 e. The number of nitrogens with one attached hydrogen (secondary N) is 1. The summed E-state index contributed by atoms with van der Waals surface area (Å²) in [5.74, 6) is 0.0142. The van der Waals surface area contributed by atoms with E-state index < -0.39 is 5.97 Å². The summed E-state index contributed by atoms with van der Waals surface area (Å²) in [5.41, 5.74) is 0.594. The predicted octanol–water partition coefficient (Wildman–Crippen LogP) is 2.92. The molecule has 0 bridgehead atoms. The molecule has 1 aliphatic rings. The van der Waals surface area contributed by atoms with Gasteiger partial charge < -0.3 is 10.4 Å². The van der Waals surface area contributed by atoms with Crippen molar-refractivity contribution < 1.29 is 14.7 Å². The Morgan fingerprint density at radius 2 is 1.81 bits per heavy atom. The first-order chi connectivity index (χ1) is 10.1. The zero-order valence-electron chi connectivity index (χ0n) is 11.8. The molecule has 21 heavy (non-hydrogen) atoms. The Morgan fingerprint density at radius 3 is 2.38 bits per heavy atom. The van der Waals surface area contributed by atoms with Crippen molar-refractivity contribution >= 4 is 22.6 Å². The molecule has 0 aliphatic heterocycles. The first-order valence-electron chi connectivity index (χ1n) is 7.11. The number of carbonyl (C=O) groups is 2. The van der Waals surface area contributed by atoms with E-state index in [4.69, 9.17) is 0 Å². The number of carboxylic acid groups (broad SMARTS) is 1. The summed E-state index contributed by atoms with van der Waals surface area (Å²) in [6.45, 7) is 2.82. The molecule has 4 nitrogen and oxygen atoms in total. The van der Waals surface area contributed by atoms with Gasteiger partial charge in [0.15, 0.2) is 0 Å². The van der Waals surface area contributed by atoms with Gasteiger partial charge in [0.1, 0.15) is 0 Å². The van der Waals surface area contributed by atoms with Gasteiger partial charge in [-0.05, 0) is 35.8 Å². The van der Waals surface area contributed by atoms with E-state index in [1.54, 1.807) is 18.2 Å². The van der Waals surface area contributed by atoms with Crippen molar-refractivity contribution in [3.8, 4) is 0 Å². The second kappa shape index (κ2) is 5.20. The van der Waals surface area contributed by atoms with Crippen LogP contribution in [0.3, 0.4) is 0 Å². The SMILES string of the molecule is CC1CC1CNC(=O)c1cccc2cccc(C(=O)O)c12. The van der Waals surface area contributed by atoms with Crippen molar-refractivity contribution in [3.63, 3.8) is 0 Å². The number of carbonyl (C=O) groups excluding carboxylic acids is 1. The van der Waals surface area contributed by atoms with Crippen LogP contribution in [0.25, 0.3) is 10.8 Å². The van der Waals surface area contributed by atoms with Crippen molar-refractivity contribution in [1.82, 2.24) is 5.32 Å². The highest BCUT2D eigenvalue weighted by Gasteiger charge is 2.32. The van der Waals surface area contributed by atoms with Gasteiger partial charge in [0.05, 0.1) is 5.56 Å². The van der Waals surface area contributed by atoms with E-state index >= 15 is 0 Å². The van der Waals surface area contributed by atoms with Gasteiger partial charge in [0.25, 0.3) is 5.91 Å². The molecule has 2 aromatic rings. The maximum absolute atomic E-state index is 12.4. The van der Waals surface area contributed by atoms with Crippen LogP contribution in [0.5, 0.6) is 0 Å². The number of benzene rings is 2. The third-order valence-corrected chi connectivity index (χ3v) is 4.18. The third-order valence-electron chi connectivity index (χ3n) is 4.18. The highest BCUT2D eigenvalue weighted by Crippen LogP contribution is 2.36. The van der Waals surface area contributed by atoms with Crippen LogP contribution in [0.4, 0.5) is 0 Å². The van der Waals surface area contributed by atoms with Crippen LogP contribution in [-0.4, -0.2) is 23.5 Å². The molecule has 1 fully saturated rings. The first kappa shape index (κ1) is 13.6. The molecule has 2 atom stereocenters. The Hall–Kier alpha value is -2.36. The Kier molecular flexibility index (Phi) is 3.37. The number of hydrogen-bond acceptors (Lipinski definition) is 2. The number of rotatable bonds is 4. The smallest absolute Gasteiger partial charge is 0.336 e. The molecule has 0 radical (unpaired) electrons. The molecule has 1 aliphatic carbocycles. The summed E-state index contributed by atoms with van der Waals surface area (Å²) in [4.78, 5) is 23.7. The normalized spacial score (nSPS) is 20.2. The molecule has 0 aromatic heterocycles. The number of amides is 1. The lowest BCUT2D eigenvalue weighted by molar-refractivity contribution is 0.0699. The van der Waals surface area contributed by atoms with Gasteiger partial charge in [-0.15, -0.1) is 0 Å². The van der Waals surface area contributed by atoms with Crippen molar-refractivity contribution in [2.45, 2.75) is 13.3 Å². The zero-order chi connectivity index (χ0) is 15.0. The lowest BCUT2D eigenvalue weighted by atomic mass is 9.98. The molecular formula is C17H17NO3. The molecule has 4 heteroatoms. The predicted molar refractivity (Wildman–Crippen MR) is 80.5 cm³/mol. The second-order valence-corrected chi connectivity index (χ2v) is 5.70. The largest absolute Gasteiger partial charge is 0.478 e. The number of aromatic carboxylic acids is 1. The average Bonchev–Trinajstić information content (AvgIpc) is 3.19. The molecule has 0 spiro atoms. The van der Waals surface area contributed by atoms with E-state index in [0.29, 0.717) is 29.3 Å². The minimum absolute atomic E-state index is 0.165. The van der Waals surface area contributed by atoms with Crippen molar-refractivity contribution in [2.75, 3.05) is 6.54 Å². The molecule has 2 unspecified atom stereocenters. The molecule has 2 aromatic carbocycles. The fourth-order valence-electron chi connectivity index (χ4n) is 2.71. The standard InChI is InChI=1S/C17H17NO3/c1-10-8-12(10)9-18-16(19)13-6-2-4-11-5-3-7-14(15(11)13)17(20)21/h2-7,10,12H,8-9H2,1H3,(H,18,19)(H,20,21). The molecular weight excluding hydrogens is 266 g/mol. The minimum Gasteiger partial charge on any atom is -0.478 e. The summed E-state index contributed by atoms with van der Waals surface area (Å²) in [7, 11) is 0. The summed E-state index contributed by atoms with van der Waals surface area (Å²) < 4.78 is 0. The van der Waals surface area contributed by atoms with E-state index in [9.17, 15) is 14.7 Å². The Bertz CT molecular complexity index is 718. The Balaban J connectivity index is 1.97. The highest BCUT2D eigenvalue weighted by atomic mass is 16.4. The third kappa shape index (κ3) is 2.61.